The monoisotopic (exact) mass is 197 g/mol. The number of methoxy groups -OCH3 is 1. The van der Waals surface area contributed by atoms with Crippen LogP contribution in [0.25, 0.3) is 0 Å². The normalized spacial score (nSPS) is 9.64. The van der Waals surface area contributed by atoms with Gasteiger partial charge in [-0.2, -0.15) is 0 Å². The molecule has 0 aliphatic heterocycles. The fourth-order valence-electron chi connectivity index (χ4n) is 1.15. The zero-order valence-corrected chi connectivity index (χ0v) is 8.13. The standard InChI is InChI=1S/C10H12FNO2/c1-12-10(13)6-7-5-8(11)3-4-9(7)14-2/h3-5H,6H2,1-2H3,(H,12,13). The second kappa shape index (κ2) is 4.60. The summed E-state index contributed by atoms with van der Waals surface area (Å²) in [6.45, 7) is 0. The first-order chi connectivity index (χ1) is 6.67. The van der Waals surface area contributed by atoms with E-state index in [4.69, 9.17) is 4.74 Å². The van der Waals surface area contributed by atoms with Gasteiger partial charge in [-0.15, -0.1) is 0 Å². The highest BCUT2D eigenvalue weighted by molar-refractivity contribution is 5.78. The summed E-state index contributed by atoms with van der Waals surface area (Å²) >= 11 is 0. The Hall–Kier alpha value is -1.58. The van der Waals surface area contributed by atoms with Gasteiger partial charge in [0.2, 0.25) is 5.91 Å². The lowest BCUT2D eigenvalue weighted by atomic mass is 10.1. The van der Waals surface area contributed by atoms with Gasteiger partial charge in [0.25, 0.3) is 0 Å². The second-order valence-electron chi connectivity index (χ2n) is 2.81. The highest BCUT2D eigenvalue weighted by Gasteiger charge is 2.08. The number of nitrogens with one attached hydrogen (secondary N) is 1. The Bertz CT molecular complexity index is 339. The molecule has 0 saturated heterocycles. The summed E-state index contributed by atoms with van der Waals surface area (Å²) in [6.07, 6.45) is 0.122. The van der Waals surface area contributed by atoms with Crippen molar-refractivity contribution in [3.63, 3.8) is 0 Å². The van der Waals surface area contributed by atoms with Crippen LogP contribution in [0, 0.1) is 5.82 Å². The smallest absolute Gasteiger partial charge is 0.224 e. The van der Waals surface area contributed by atoms with E-state index in [0.29, 0.717) is 11.3 Å². The molecule has 0 heterocycles. The third-order valence-electron chi connectivity index (χ3n) is 1.87. The van der Waals surface area contributed by atoms with Crippen molar-refractivity contribution in [2.45, 2.75) is 6.42 Å². The largest absolute Gasteiger partial charge is 0.496 e. The van der Waals surface area contributed by atoms with Crippen molar-refractivity contribution in [2.24, 2.45) is 0 Å². The molecular formula is C10H12FNO2. The molecule has 1 rings (SSSR count). The molecule has 0 aromatic heterocycles. The van der Waals surface area contributed by atoms with Gasteiger partial charge in [0.05, 0.1) is 13.5 Å². The minimum Gasteiger partial charge on any atom is -0.496 e. The van der Waals surface area contributed by atoms with Crippen molar-refractivity contribution in [1.82, 2.24) is 5.32 Å². The van der Waals surface area contributed by atoms with E-state index in [1.165, 1.54) is 32.4 Å². The van der Waals surface area contributed by atoms with Gasteiger partial charge in [-0.05, 0) is 18.2 Å². The van der Waals surface area contributed by atoms with Crippen LogP contribution in [0.15, 0.2) is 18.2 Å². The summed E-state index contributed by atoms with van der Waals surface area (Å²) < 4.78 is 17.8. The lowest BCUT2D eigenvalue weighted by molar-refractivity contribution is -0.119. The Morgan fingerprint density at radius 1 is 1.57 bits per heavy atom. The third kappa shape index (κ3) is 2.45. The van der Waals surface area contributed by atoms with Crippen molar-refractivity contribution in [2.75, 3.05) is 14.2 Å². The summed E-state index contributed by atoms with van der Waals surface area (Å²) in [5.74, 6) is -0.0198. The number of rotatable bonds is 3. The molecule has 0 spiro atoms. The number of hydrogen-bond acceptors (Lipinski definition) is 2. The van der Waals surface area contributed by atoms with Gasteiger partial charge in [0, 0.05) is 12.6 Å². The van der Waals surface area contributed by atoms with Gasteiger partial charge in [-0.25, -0.2) is 4.39 Å². The maximum absolute atomic E-state index is 12.9. The molecule has 0 aliphatic rings. The molecule has 0 fully saturated rings. The molecular weight excluding hydrogens is 185 g/mol. The number of carbonyl (C=O) groups excluding carboxylic acids is 1. The van der Waals surface area contributed by atoms with E-state index in [2.05, 4.69) is 5.32 Å². The zero-order chi connectivity index (χ0) is 10.6. The minimum atomic E-state index is -0.371. The Morgan fingerprint density at radius 3 is 2.86 bits per heavy atom. The molecule has 14 heavy (non-hydrogen) atoms. The van der Waals surface area contributed by atoms with E-state index in [-0.39, 0.29) is 18.1 Å². The molecule has 1 N–H and O–H groups in total. The molecule has 1 amide bonds. The molecule has 0 saturated carbocycles. The first-order valence-electron chi connectivity index (χ1n) is 4.20. The summed E-state index contributed by atoms with van der Waals surface area (Å²) in [7, 11) is 3.02. The average molecular weight is 197 g/mol. The van der Waals surface area contributed by atoms with Crippen LogP contribution < -0.4 is 10.1 Å². The average Bonchev–Trinajstić information content (AvgIpc) is 2.18. The molecule has 0 bridgehead atoms. The first kappa shape index (κ1) is 10.5. The molecule has 0 aliphatic carbocycles. The molecule has 0 radical (unpaired) electrons. The molecule has 0 atom stereocenters. The van der Waals surface area contributed by atoms with E-state index < -0.39 is 0 Å². The van der Waals surface area contributed by atoms with Crippen molar-refractivity contribution < 1.29 is 13.9 Å². The highest BCUT2D eigenvalue weighted by Crippen LogP contribution is 2.19. The number of benzene rings is 1. The van der Waals surface area contributed by atoms with E-state index in [1.807, 2.05) is 0 Å². The van der Waals surface area contributed by atoms with Crippen LogP contribution in [0.3, 0.4) is 0 Å². The van der Waals surface area contributed by atoms with Gasteiger partial charge >= 0.3 is 0 Å². The molecule has 4 heteroatoms. The lowest BCUT2D eigenvalue weighted by Gasteiger charge is -2.07. The fourth-order valence-corrected chi connectivity index (χ4v) is 1.15. The van der Waals surface area contributed by atoms with Gasteiger partial charge < -0.3 is 10.1 Å². The third-order valence-corrected chi connectivity index (χ3v) is 1.87. The lowest BCUT2D eigenvalue weighted by Crippen LogP contribution is -2.20. The molecule has 76 valence electrons. The number of hydrogen-bond donors (Lipinski definition) is 1. The van der Waals surface area contributed by atoms with Crippen molar-refractivity contribution in [3.8, 4) is 5.75 Å². The Morgan fingerprint density at radius 2 is 2.29 bits per heavy atom. The van der Waals surface area contributed by atoms with Gasteiger partial charge in [0.15, 0.2) is 0 Å². The summed E-state index contributed by atoms with van der Waals surface area (Å²) in [6, 6.07) is 4.11. The minimum absolute atomic E-state index is 0.122. The van der Waals surface area contributed by atoms with Crippen LogP contribution in [-0.4, -0.2) is 20.1 Å². The number of likely N-dealkylation sites (N-methyl/N-ethyl adjacent to an activating group) is 1. The number of amides is 1. The number of halogens is 1. The fraction of sp³-hybridized carbons (Fsp3) is 0.300. The van der Waals surface area contributed by atoms with E-state index >= 15 is 0 Å². The topological polar surface area (TPSA) is 38.3 Å². The van der Waals surface area contributed by atoms with E-state index in [0.717, 1.165) is 0 Å². The summed E-state index contributed by atoms with van der Waals surface area (Å²) in [5, 5.41) is 2.47. The zero-order valence-electron chi connectivity index (χ0n) is 8.13. The predicted octanol–water partition coefficient (Wildman–Crippen LogP) is 1.12. The number of ether oxygens (including phenoxy) is 1. The van der Waals surface area contributed by atoms with Crippen LogP contribution in [-0.2, 0) is 11.2 Å². The van der Waals surface area contributed by atoms with Crippen LogP contribution in [0.4, 0.5) is 4.39 Å². The molecule has 0 unspecified atom stereocenters. The van der Waals surface area contributed by atoms with E-state index in [9.17, 15) is 9.18 Å². The quantitative estimate of drug-likeness (QED) is 0.788. The molecule has 1 aromatic rings. The predicted molar refractivity (Wildman–Crippen MR) is 50.7 cm³/mol. The Labute approximate surface area is 81.9 Å². The summed E-state index contributed by atoms with van der Waals surface area (Å²) in [5.41, 5.74) is 0.548. The van der Waals surface area contributed by atoms with Crippen LogP contribution in [0.1, 0.15) is 5.56 Å². The van der Waals surface area contributed by atoms with Gasteiger partial charge in [-0.3, -0.25) is 4.79 Å². The number of carbonyl (C=O) groups is 1. The summed E-state index contributed by atoms with van der Waals surface area (Å²) in [4.78, 5) is 11.1. The molecule has 1 aromatic carbocycles. The van der Waals surface area contributed by atoms with Gasteiger partial charge in [0.1, 0.15) is 11.6 Å². The highest BCUT2D eigenvalue weighted by atomic mass is 19.1. The van der Waals surface area contributed by atoms with Crippen molar-refractivity contribution >= 4 is 5.91 Å². The SMILES string of the molecule is CNC(=O)Cc1cc(F)ccc1OC. The Balaban J connectivity index is 2.93. The van der Waals surface area contributed by atoms with Crippen LogP contribution in [0.2, 0.25) is 0 Å². The van der Waals surface area contributed by atoms with Crippen LogP contribution >= 0.6 is 0 Å². The van der Waals surface area contributed by atoms with Crippen LogP contribution in [0.5, 0.6) is 5.75 Å². The Kier molecular flexibility index (Phi) is 3.45. The maximum Gasteiger partial charge on any atom is 0.224 e. The van der Waals surface area contributed by atoms with Gasteiger partial charge in [-0.1, -0.05) is 0 Å². The van der Waals surface area contributed by atoms with E-state index in [1.54, 1.807) is 0 Å². The van der Waals surface area contributed by atoms with Crippen molar-refractivity contribution in [1.29, 1.82) is 0 Å². The maximum atomic E-state index is 12.9. The second-order valence-corrected chi connectivity index (χ2v) is 2.81. The molecule has 3 nitrogen and oxygen atoms in total. The van der Waals surface area contributed by atoms with Crippen molar-refractivity contribution in [3.05, 3.63) is 29.6 Å². The first-order valence-corrected chi connectivity index (χ1v) is 4.20.